The van der Waals surface area contributed by atoms with Gasteiger partial charge in [-0.25, -0.2) is 4.68 Å². The van der Waals surface area contributed by atoms with Crippen molar-refractivity contribution >= 4 is 17.5 Å². The lowest BCUT2D eigenvalue weighted by atomic mass is 10.4. The number of rotatable bonds is 2. The molecular weight excluding hydrogens is 268 g/mol. The highest BCUT2D eigenvalue weighted by Gasteiger charge is 2.15. The third-order valence-electron chi connectivity index (χ3n) is 2.80. The molecule has 0 atom stereocenters. The van der Waals surface area contributed by atoms with Gasteiger partial charge in [0.15, 0.2) is 0 Å². The maximum absolute atomic E-state index is 5.97. The zero-order valence-electron chi connectivity index (χ0n) is 10.2. The Labute approximate surface area is 115 Å². The standard InChI is InChI=1S/C11H13ClN6O/c12-9-14-10(17-4-2-7-19-8-6-17)16-11(15-9)18-5-1-3-13-18/h1,3,5H,2,4,6-8H2. The van der Waals surface area contributed by atoms with Crippen LogP contribution < -0.4 is 4.90 Å². The van der Waals surface area contributed by atoms with E-state index >= 15 is 0 Å². The van der Waals surface area contributed by atoms with Crippen LogP contribution in [-0.2, 0) is 4.74 Å². The topological polar surface area (TPSA) is 69.0 Å². The molecule has 0 bridgehead atoms. The number of hydrogen-bond acceptors (Lipinski definition) is 6. The van der Waals surface area contributed by atoms with Crippen molar-refractivity contribution in [3.63, 3.8) is 0 Å². The smallest absolute Gasteiger partial charge is 0.256 e. The van der Waals surface area contributed by atoms with Crippen molar-refractivity contribution < 1.29 is 4.74 Å². The fraction of sp³-hybridized carbons (Fsp3) is 0.455. The Morgan fingerprint density at radius 3 is 2.84 bits per heavy atom. The molecule has 3 heterocycles. The Balaban J connectivity index is 1.92. The second-order valence-corrected chi connectivity index (χ2v) is 4.45. The molecule has 1 saturated heterocycles. The predicted molar refractivity (Wildman–Crippen MR) is 69.6 cm³/mol. The van der Waals surface area contributed by atoms with Gasteiger partial charge in [0.2, 0.25) is 11.2 Å². The first-order valence-corrected chi connectivity index (χ1v) is 6.45. The first-order valence-electron chi connectivity index (χ1n) is 6.07. The highest BCUT2D eigenvalue weighted by molar-refractivity contribution is 6.28. The molecule has 0 spiro atoms. The van der Waals surface area contributed by atoms with Crippen molar-refractivity contribution in [1.29, 1.82) is 0 Å². The molecule has 3 rings (SSSR count). The maximum Gasteiger partial charge on any atom is 0.256 e. The van der Waals surface area contributed by atoms with Gasteiger partial charge in [-0.1, -0.05) is 0 Å². The van der Waals surface area contributed by atoms with Crippen LogP contribution in [0.15, 0.2) is 18.5 Å². The minimum absolute atomic E-state index is 0.167. The van der Waals surface area contributed by atoms with E-state index in [9.17, 15) is 0 Å². The maximum atomic E-state index is 5.97. The molecule has 1 aliphatic heterocycles. The fourth-order valence-corrected chi connectivity index (χ4v) is 2.06. The van der Waals surface area contributed by atoms with Gasteiger partial charge in [0.1, 0.15) is 0 Å². The van der Waals surface area contributed by atoms with Crippen LogP contribution in [0.4, 0.5) is 5.95 Å². The van der Waals surface area contributed by atoms with Crippen molar-refractivity contribution in [2.45, 2.75) is 6.42 Å². The predicted octanol–water partition coefficient (Wildman–Crippen LogP) is 0.937. The molecule has 2 aromatic rings. The molecule has 0 radical (unpaired) electrons. The van der Waals surface area contributed by atoms with Gasteiger partial charge in [-0.2, -0.15) is 20.1 Å². The van der Waals surface area contributed by atoms with Crippen LogP contribution in [-0.4, -0.2) is 51.0 Å². The minimum atomic E-state index is 0.167. The second kappa shape index (κ2) is 5.50. The Morgan fingerprint density at radius 1 is 1.11 bits per heavy atom. The quantitative estimate of drug-likeness (QED) is 0.815. The van der Waals surface area contributed by atoms with Gasteiger partial charge in [0.05, 0.1) is 6.61 Å². The lowest BCUT2D eigenvalue weighted by Gasteiger charge is -2.19. The third kappa shape index (κ3) is 2.82. The molecule has 8 heteroatoms. The SMILES string of the molecule is Clc1nc(N2CCCOCC2)nc(-n2cccn2)n1. The molecule has 100 valence electrons. The molecule has 0 aliphatic carbocycles. The summed E-state index contributed by atoms with van der Waals surface area (Å²) >= 11 is 5.97. The number of halogens is 1. The number of ether oxygens (including phenoxy) is 1. The zero-order chi connectivity index (χ0) is 13.1. The van der Waals surface area contributed by atoms with Gasteiger partial charge < -0.3 is 9.64 Å². The van der Waals surface area contributed by atoms with E-state index in [1.807, 2.05) is 4.90 Å². The summed E-state index contributed by atoms with van der Waals surface area (Å²) in [7, 11) is 0. The van der Waals surface area contributed by atoms with Crippen molar-refractivity contribution in [2.75, 3.05) is 31.2 Å². The van der Waals surface area contributed by atoms with Crippen LogP contribution in [0.1, 0.15) is 6.42 Å². The van der Waals surface area contributed by atoms with E-state index in [-0.39, 0.29) is 5.28 Å². The Hall–Kier alpha value is -1.73. The average molecular weight is 281 g/mol. The van der Waals surface area contributed by atoms with Gasteiger partial charge in [-0.3, -0.25) is 0 Å². The molecule has 2 aromatic heterocycles. The highest BCUT2D eigenvalue weighted by atomic mass is 35.5. The summed E-state index contributed by atoms with van der Waals surface area (Å²) in [4.78, 5) is 14.7. The average Bonchev–Trinajstić information content (AvgIpc) is 2.81. The molecule has 0 saturated carbocycles. The Bertz CT molecular complexity index is 538. The lowest BCUT2D eigenvalue weighted by molar-refractivity contribution is 0.152. The van der Waals surface area contributed by atoms with E-state index in [2.05, 4.69) is 20.1 Å². The third-order valence-corrected chi connectivity index (χ3v) is 2.97. The van der Waals surface area contributed by atoms with E-state index in [1.54, 1.807) is 23.1 Å². The number of nitrogens with zero attached hydrogens (tertiary/aromatic N) is 6. The van der Waals surface area contributed by atoms with E-state index in [1.165, 1.54) is 0 Å². The first-order chi connectivity index (χ1) is 9.33. The monoisotopic (exact) mass is 280 g/mol. The van der Waals surface area contributed by atoms with Crippen molar-refractivity contribution in [3.8, 4) is 5.95 Å². The molecule has 0 N–H and O–H groups in total. The van der Waals surface area contributed by atoms with E-state index in [0.29, 0.717) is 18.5 Å². The number of anilines is 1. The Kier molecular flexibility index (Phi) is 3.56. The van der Waals surface area contributed by atoms with Crippen LogP contribution in [0.3, 0.4) is 0 Å². The minimum Gasteiger partial charge on any atom is -0.380 e. The fourth-order valence-electron chi connectivity index (χ4n) is 1.91. The van der Waals surface area contributed by atoms with Crippen LogP contribution in [0.25, 0.3) is 5.95 Å². The highest BCUT2D eigenvalue weighted by Crippen LogP contribution is 2.14. The first kappa shape index (κ1) is 12.3. The van der Waals surface area contributed by atoms with Crippen LogP contribution in [0.2, 0.25) is 5.28 Å². The van der Waals surface area contributed by atoms with Gasteiger partial charge in [-0.15, -0.1) is 0 Å². The van der Waals surface area contributed by atoms with Crippen LogP contribution in [0.5, 0.6) is 0 Å². The second-order valence-electron chi connectivity index (χ2n) is 4.11. The van der Waals surface area contributed by atoms with Gasteiger partial charge >= 0.3 is 0 Å². The zero-order valence-corrected chi connectivity index (χ0v) is 11.0. The molecule has 0 aromatic carbocycles. The van der Waals surface area contributed by atoms with E-state index in [4.69, 9.17) is 16.3 Å². The summed E-state index contributed by atoms with van der Waals surface area (Å²) in [6.07, 6.45) is 4.37. The molecule has 1 fully saturated rings. The summed E-state index contributed by atoms with van der Waals surface area (Å²) in [6, 6.07) is 1.80. The molecular formula is C11H13ClN6O. The molecule has 0 amide bonds. The van der Waals surface area contributed by atoms with Crippen LogP contribution >= 0.6 is 11.6 Å². The van der Waals surface area contributed by atoms with E-state index < -0.39 is 0 Å². The normalized spacial score (nSPS) is 16.4. The molecule has 7 nitrogen and oxygen atoms in total. The number of hydrogen-bond donors (Lipinski definition) is 0. The van der Waals surface area contributed by atoms with E-state index in [0.717, 1.165) is 26.1 Å². The summed E-state index contributed by atoms with van der Waals surface area (Å²) in [6.45, 7) is 3.03. The van der Waals surface area contributed by atoms with Crippen LogP contribution in [0, 0.1) is 0 Å². The van der Waals surface area contributed by atoms with Gasteiger partial charge in [0.25, 0.3) is 5.95 Å². The Morgan fingerprint density at radius 2 is 2.00 bits per heavy atom. The summed E-state index contributed by atoms with van der Waals surface area (Å²) in [5, 5.41) is 4.26. The molecule has 19 heavy (non-hydrogen) atoms. The van der Waals surface area contributed by atoms with Gasteiger partial charge in [0, 0.05) is 32.1 Å². The van der Waals surface area contributed by atoms with Crippen molar-refractivity contribution in [3.05, 3.63) is 23.7 Å². The molecule has 0 unspecified atom stereocenters. The summed E-state index contributed by atoms with van der Waals surface area (Å²) in [5.74, 6) is 0.987. The largest absolute Gasteiger partial charge is 0.380 e. The lowest BCUT2D eigenvalue weighted by Crippen LogP contribution is -2.28. The van der Waals surface area contributed by atoms with Crippen molar-refractivity contribution in [1.82, 2.24) is 24.7 Å². The molecule has 1 aliphatic rings. The number of aromatic nitrogens is 5. The van der Waals surface area contributed by atoms with Gasteiger partial charge in [-0.05, 0) is 24.1 Å². The van der Waals surface area contributed by atoms with Crippen molar-refractivity contribution in [2.24, 2.45) is 0 Å². The summed E-state index contributed by atoms with van der Waals surface area (Å²) in [5.41, 5.74) is 0. The summed E-state index contributed by atoms with van der Waals surface area (Å²) < 4.78 is 6.98.